The number of anilines is 1. The fourth-order valence-corrected chi connectivity index (χ4v) is 2.26. The summed E-state index contributed by atoms with van der Waals surface area (Å²) in [6.45, 7) is 6.22. The quantitative estimate of drug-likeness (QED) is 0.851. The summed E-state index contributed by atoms with van der Waals surface area (Å²) in [5.74, 6) is 2.32. The molecule has 17 heavy (non-hydrogen) atoms. The highest BCUT2D eigenvalue weighted by Gasteiger charge is 2.45. The van der Waals surface area contributed by atoms with Crippen LogP contribution in [0.3, 0.4) is 0 Å². The first kappa shape index (κ1) is 12.3. The number of aromatic nitrogens is 2. The van der Waals surface area contributed by atoms with Gasteiger partial charge in [0.2, 0.25) is 0 Å². The molecule has 0 unspecified atom stereocenters. The Bertz CT molecular complexity index is 392. The van der Waals surface area contributed by atoms with Crippen molar-refractivity contribution in [3.05, 3.63) is 18.1 Å². The number of ether oxygens (including phenoxy) is 1. The van der Waals surface area contributed by atoms with Crippen molar-refractivity contribution in [1.82, 2.24) is 9.97 Å². The van der Waals surface area contributed by atoms with Gasteiger partial charge in [0, 0.05) is 13.3 Å². The van der Waals surface area contributed by atoms with E-state index in [0.717, 1.165) is 11.6 Å². The van der Waals surface area contributed by atoms with Crippen molar-refractivity contribution in [2.24, 2.45) is 5.92 Å². The first-order valence-electron chi connectivity index (χ1n) is 6.17. The van der Waals surface area contributed by atoms with E-state index in [4.69, 9.17) is 4.74 Å². The lowest BCUT2D eigenvalue weighted by molar-refractivity contribution is -0.0246. The molecule has 94 valence electrons. The maximum atomic E-state index is 5.72. The van der Waals surface area contributed by atoms with Crippen molar-refractivity contribution in [1.29, 1.82) is 0 Å². The molecule has 4 heteroatoms. The summed E-state index contributed by atoms with van der Waals surface area (Å²) >= 11 is 0. The molecule has 1 N–H and O–H groups in total. The van der Waals surface area contributed by atoms with E-state index in [0.29, 0.717) is 5.92 Å². The number of hydrogen-bond acceptors (Lipinski definition) is 4. The second-order valence-electron chi connectivity index (χ2n) is 5.02. The summed E-state index contributed by atoms with van der Waals surface area (Å²) in [4.78, 5) is 8.46. The Morgan fingerprint density at radius 3 is 2.76 bits per heavy atom. The average molecular weight is 235 g/mol. The topological polar surface area (TPSA) is 47.0 Å². The van der Waals surface area contributed by atoms with Crippen LogP contribution < -0.4 is 5.32 Å². The molecule has 0 bridgehead atoms. The first-order chi connectivity index (χ1) is 8.06. The van der Waals surface area contributed by atoms with Gasteiger partial charge in [-0.25, -0.2) is 9.97 Å². The van der Waals surface area contributed by atoms with Gasteiger partial charge in [-0.15, -0.1) is 0 Å². The van der Waals surface area contributed by atoms with E-state index in [-0.39, 0.29) is 11.6 Å². The van der Waals surface area contributed by atoms with Crippen LogP contribution in [0, 0.1) is 12.8 Å². The van der Waals surface area contributed by atoms with Crippen LogP contribution in [0.2, 0.25) is 0 Å². The lowest BCUT2D eigenvalue weighted by atomic mass is 9.92. The third-order valence-corrected chi connectivity index (χ3v) is 3.83. The van der Waals surface area contributed by atoms with Gasteiger partial charge in [0.25, 0.3) is 0 Å². The van der Waals surface area contributed by atoms with Gasteiger partial charge in [-0.3, -0.25) is 0 Å². The van der Waals surface area contributed by atoms with Gasteiger partial charge in [0.05, 0.1) is 11.6 Å². The Morgan fingerprint density at radius 2 is 2.24 bits per heavy atom. The normalized spacial score (nSPS) is 20.7. The van der Waals surface area contributed by atoms with Crippen molar-refractivity contribution in [2.45, 2.75) is 45.3 Å². The Morgan fingerprint density at radius 1 is 1.53 bits per heavy atom. The second-order valence-corrected chi connectivity index (χ2v) is 5.02. The third kappa shape index (κ3) is 2.57. The number of methoxy groups -OCH3 is 1. The molecule has 1 fully saturated rings. The fraction of sp³-hybridized carbons (Fsp3) is 0.692. The molecule has 0 spiro atoms. The van der Waals surface area contributed by atoms with Crippen LogP contribution in [0.25, 0.3) is 0 Å². The minimum Gasteiger partial charge on any atom is -0.376 e. The van der Waals surface area contributed by atoms with Crippen LogP contribution in [0.4, 0.5) is 5.82 Å². The summed E-state index contributed by atoms with van der Waals surface area (Å²) in [7, 11) is 1.79. The van der Waals surface area contributed by atoms with E-state index in [1.807, 2.05) is 13.0 Å². The van der Waals surface area contributed by atoms with Crippen molar-refractivity contribution < 1.29 is 4.74 Å². The molecule has 1 aromatic rings. The van der Waals surface area contributed by atoms with Gasteiger partial charge in [0.15, 0.2) is 0 Å². The van der Waals surface area contributed by atoms with E-state index in [2.05, 4.69) is 29.1 Å². The van der Waals surface area contributed by atoms with Gasteiger partial charge >= 0.3 is 0 Å². The van der Waals surface area contributed by atoms with Gasteiger partial charge in [0.1, 0.15) is 11.6 Å². The molecule has 1 saturated carbocycles. The maximum absolute atomic E-state index is 5.72. The molecule has 0 aromatic carbocycles. The summed E-state index contributed by atoms with van der Waals surface area (Å²) in [6.07, 6.45) is 4.30. The number of hydrogen-bond donors (Lipinski definition) is 1. The zero-order valence-corrected chi connectivity index (χ0v) is 11.0. The van der Waals surface area contributed by atoms with Crippen LogP contribution in [0.15, 0.2) is 12.3 Å². The molecule has 2 atom stereocenters. The molecule has 4 nitrogen and oxygen atoms in total. The smallest absolute Gasteiger partial charge is 0.129 e. The van der Waals surface area contributed by atoms with E-state index in [9.17, 15) is 0 Å². The van der Waals surface area contributed by atoms with Gasteiger partial charge in [-0.05, 0) is 45.6 Å². The molecule has 2 rings (SSSR count). The SMILES string of the molecule is CO[C@@](C)(C1CC1)[C@@H](C)Nc1ccnc(C)n1. The van der Waals surface area contributed by atoms with Crippen molar-refractivity contribution in [3.8, 4) is 0 Å². The molecule has 1 aliphatic rings. The van der Waals surface area contributed by atoms with Crippen LogP contribution >= 0.6 is 0 Å². The molecule has 0 aliphatic heterocycles. The molecular formula is C13H21N3O. The standard InChI is InChI=1S/C13H21N3O/c1-9(13(3,17-4)11-5-6-11)15-12-7-8-14-10(2)16-12/h7-9,11H,5-6H2,1-4H3,(H,14,15,16)/t9-,13-/m1/s1. The zero-order chi connectivity index (χ0) is 12.5. The van der Waals surface area contributed by atoms with Gasteiger partial charge in [-0.2, -0.15) is 0 Å². The average Bonchev–Trinajstić information content (AvgIpc) is 3.12. The summed E-state index contributed by atoms with van der Waals surface area (Å²) in [5.41, 5.74) is -0.112. The molecule has 1 aromatic heterocycles. The van der Waals surface area contributed by atoms with E-state index < -0.39 is 0 Å². The lowest BCUT2D eigenvalue weighted by Crippen LogP contribution is -2.46. The van der Waals surface area contributed by atoms with Crippen LogP contribution in [0.1, 0.15) is 32.5 Å². The van der Waals surface area contributed by atoms with E-state index >= 15 is 0 Å². The van der Waals surface area contributed by atoms with Crippen molar-refractivity contribution >= 4 is 5.82 Å². The zero-order valence-electron chi connectivity index (χ0n) is 11.0. The third-order valence-electron chi connectivity index (χ3n) is 3.83. The number of rotatable bonds is 5. The van der Waals surface area contributed by atoms with Crippen LogP contribution in [0.5, 0.6) is 0 Å². The number of aryl methyl sites for hydroxylation is 1. The summed E-state index contributed by atoms with van der Waals surface area (Å²) in [6, 6.07) is 2.13. The van der Waals surface area contributed by atoms with E-state index in [1.165, 1.54) is 12.8 Å². The minimum absolute atomic E-state index is 0.112. The molecule has 1 heterocycles. The number of nitrogens with zero attached hydrogens (tertiary/aromatic N) is 2. The highest BCUT2D eigenvalue weighted by Crippen LogP contribution is 2.43. The van der Waals surface area contributed by atoms with Crippen molar-refractivity contribution in [3.63, 3.8) is 0 Å². The first-order valence-corrected chi connectivity index (χ1v) is 6.17. The highest BCUT2D eigenvalue weighted by atomic mass is 16.5. The molecule has 1 aliphatic carbocycles. The number of nitrogens with one attached hydrogen (secondary N) is 1. The Labute approximate surface area is 103 Å². The Kier molecular flexibility index (Phi) is 3.33. The molecule has 0 amide bonds. The predicted molar refractivity (Wildman–Crippen MR) is 68.0 cm³/mol. The molecule has 0 radical (unpaired) electrons. The minimum atomic E-state index is -0.112. The molecule has 0 saturated heterocycles. The predicted octanol–water partition coefficient (Wildman–Crippen LogP) is 2.40. The Hall–Kier alpha value is -1.16. The largest absolute Gasteiger partial charge is 0.376 e. The fourth-order valence-electron chi connectivity index (χ4n) is 2.26. The van der Waals surface area contributed by atoms with Crippen LogP contribution in [-0.4, -0.2) is 28.7 Å². The molecular weight excluding hydrogens is 214 g/mol. The Balaban J connectivity index is 2.07. The maximum Gasteiger partial charge on any atom is 0.129 e. The monoisotopic (exact) mass is 235 g/mol. The van der Waals surface area contributed by atoms with Gasteiger partial charge in [-0.1, -0.05) is 0 Å². The second kappa shape index (κ2) is 4.61. The lowest BCUT2D eigenvalue weighted by Gasteiger charge is -2.35. The highest BCUT2D eigenvalue weighted by molar-refractivity contribution is 5.35. The van der Waals surface area contributed by atoms with E-state index in [1.54, 1.807) is 13.3 Å². The summed E-state index contributed by atoms with van der Waals surface area (Å²) < 4.78 is 5.72. The van der Waals surface area contributed by atoms with Crippen molar-refractivity contribution in [2.75, 3.05) is 12.4 Å². The van der Waals surface area contributed by atoms with Crippen LogP contribution in [-0.2, 0) is 4.74 Å². The summed E-state index contributed by atoms with van der Waals surface area (Å²) in [5, 5.41) is 3.42. The van der Waals surface area contributed by atoms with Gasteiger partial charge < -0.3 is 10.1 Å².